The molecule has 36 heavy (non-hydrogen) atoms. The molecule has 1 aliphatic heterocycles. The van der Waals surface area contributed by atoms with Gasteiger partial charge in [0.15, 0.2) is 0 Å². The number of nitrogens with one attached hydrogen (secondary N) is 3. The number of rotatable bonds is 9. The summed E-state index contributed by atoms with van der Waals surface area (Å²) < 4.78 is 45.2. The van der Waals surface area contributed by atoms with Crippen LogP contribution in [0.15, 0.2) is 24.5 Å². The van der Waals surface area contributed by atoms with Gasteiger partial charge in [-0.2, -0.15) is 0 Å². The van der Waals surface area contributed by atoms with E-state index < -0.39 is 15.8 Å². The highest BCUT2D eigenvalue weighted by Gasteiger charge is 2.22. The summed E-state index contributed by atoms with van der Waals surface area (Å²) in [6.07, 6.45) is 3.18. The van der Waals surface area contributed by atoms with Crippen molar-refractivity contribution in [1.29, 1.82) is 0 Å². The summed E-state index contributed by atoms with van der Waals surface area (Å²) in [7, 11) is -0.526. The van der Waals surface area contributed by atoms with Crippen molar-refractivity contribution in [2.24, 2.45) is 0 Å². The van der Waals surface area contributed by atoms with Crippen LogP contribution in [0.4, 0.5) is 15.9 Å². The first-order valence-corrected chi connectivity index (χ1v) is 13.9. The number of sulfonamides is 1. The molecule has 1 amide bonds. The molecular weight excluding hydrogens is 507 g/mol. The van der Waals surface area contributed by atoms with Crippen molar-refractivity contribution < 1.29 is 22.3 Å². The number of carbonyl (C=O) groups excluding carboxylic acids is 1. The van der Waals surface area contributed by atoms with Gasteiger partial charge in [0.1, 0.15) is 34.6 Å². The smallest absolute Gasteiger partial charge is 0.261 e. The van der Waals surface area contributed by atoms with Crippen molar-refractivity contribution >= 4 is 49.0 Å². The zero-order chi connectivity index (χ0) is 25.9. The topological polar surface area (TPSA) is 126 Å². The van der Waals surface area contributed by atoms with Gasteiger partial charge in [0.2, 0.25) is 10.0 Å². The molecule has 1 atom stereocenters. The lowest BCUT2D eigenvalue weighted by Gasteiger charge is -2.25. The zero-order valence-electron chi connectivity index (χ0n) is 20.3. The van der Waals surface area contributed by atoms with Gasteiger partial charge in [-0.3, -0.25) is 4.79 Å². The van der Waals surface area contributed by atoms with E-state index >= 15 is 0 Å². The Labute approximate surface area is 213 Å². The summed E-state index contributed by atoms with van der Waals surface area (Å²) in [6.45, 7) is 3.39. The summed E-state index contributed by atoms with van der Waals surface area (Å²) in [5.41, 5.74) is 1.21. The maximum absolute atomic E-state index is 14.0. The van der Waals surface area contributed by atoms with E-state index in [-0.39, 0.29) is 24.3 Å². The van der Waals surface area contributed by atoms with Crippen LogP contribution in [0.2, 0.25) is 0 Å². The molecule has 1 aromatic carbocycles. The van der Waals surface area contributed by atoms with Gasteiger partial charge < -0.3 is 20.7 Å². The van der Waals surface area contributed by atoms with Crippen molar-refractivity contribution in [1.82, 2.24) is 24.9 Å². The predicted molar refractivity (Wildman–Crippen MR) is 138 cm³/mol. The highest BCUT2D eigenvalue weighted by atomic mass is 32.2. The minimum absolute atomic E-state index is 0.0177. The first kappa shape index (κ1) is 26.2. The Morgan fingerprint density at radius 1 is 1.33 bits per heavy atom. The van der Waals surface area contributed by atoms with E-state index in [1.807, 2.05) is 0 Å². The number of benzene rings is 1. The summed E-state index contributed by atoms with van der Waals surface area (Å²) in [6, 6.07) is 4.28. The number of hydrogen-bond donors (Lipinski definition) is 3. The number of aryl methyl sites for hydroxylation is 1. The fourth-order valence-corrected chi connectivity index (χ4v) is 5.65. The number of carbonyl (C=O) groups is 1. The predicted octanol–water partition coefficient (Wildman–Crippen LogP) is 2.63. The SMILES string of the molecule is Cc1c(C(=O)NCCS(=O)(=O)N(C)C)sc2ncnc(Nc3ccc(F)cc3OC3CCCNC3)c12. The number of aromatic nitrogens is 2. The van der Waals surface area contributed by atoms with Gasteiger partial charge in [-0.25, -0.2) is 27.1 Å². The van der Waals surface area contributed by atoms with Crippen LogP contribution in [-0.2, 0) is 10.0 Å². The number of piperidine rings is 1. The van der Waals surface area contributed by atoms with Crippen LogP contribution in [0.1, 0.15) is 28.1 Å². The van der Waals surface area contributed by atoms with Gasteiger partial charge in [-0.05, 0) is 44.0 Å². The van der Waals surface area contributed by atoms with Gasteiger partial charge in [0, 0.05) is 33.3 Å². The average Bonchev–Trinajstić information content (AvgIpc) is 3.18. The molecule has 13 heteroatoms. The third-order valence-corrected chi connectivity index (χ3v) is 8.91. The molecule has 0 spiro atoms. The number of halogens is 1. The third kappa shape index (κ3) is 5.91. The molecule has 0 bridgehead atoms. The van der Waals surface area contributed by atoms with E-state index in [2.05, 4.69) is 25.9 Å². The number of amides is 1. The molecule has 0 aliphatic carbocycles. The molecule has 194 valence electrons. The van der Waals surface area contributed by atoms with Crippen molar-refractivity contribution in [3.05, 3.63) is 40.8 Å². The fourth-order valence-electron chi connectivity index (χ4n) is 3.86. The van der Waals surface area contributed by atoms with Crippen LogP contribution in [0, 0.1) is 12.7 Å². The normalized spacial score (nSPS) is 16.3. The minimum Gasteiger partial charge on any atom is -0.487 e. The van der Waals surface area contributed by atoms with Crippen molar-refractivity contribution in [2.75, 3.05) is 44.8 Å². The van der Waals surface area contributed by atoms with E-state index in [0.29, 0.717) is 44.5 Å². The van der Waals surface area contributed by atoms with Gasteiger partial charge >= 0.3 is 0 Å². The van der Waals surface area contributed by atoms with Gasteiger partial charge in [0.05, 0.1) is 21.7 Å². The Morgan fingerprint density at radius 3 is 2.86 bits per heavy atom. The van der Waals surface area contributed by atoms with E-state index in [1.54, 1.807) is 13.0 Å². The molecule has 1 saturated heterocycles. The molecule has 1 unspecified atom stereocenters. The van der Waals surface area contributed by atoms with Crippen LogP contribution in [0.3, 0.4) is 0 Å². The van der Waals surface area contributed by atoms with Crippen molar-refractivity contribution in [2.45, 2.75) is 25.9 Å². The molecule has 3 aromatic rings. The maximum Gasteiger partial charge on any atom is 0.261 e. The first-order chi connectivity index (χ1) is 17.2. The second kappa shape index (κ2) is 11.0. The molecule has 0 saturated carbocycles. The lowest BCUT2D eigenvalue weighted by Crippen LogP contribution is -2.37. The van der Waals surface area contributed by atoms with E-state index in [9.17, 15) is 17.6 Å². The molecule has 10 nitrogen and oxygen atoms in total. The Hall–Kier alpha value is -2.87. The molecule has 3 N–H and O–H groups in total. The van der Waals surface area contributed by atoms with Crippen molar-refractivity contribution in [3.63, 3.8) is 0 Å². The number of nitrogens with zero attached hydrogens (tertiary/aromatic N) is 3. The van der Waals surface area contributed by atoms with Crippen LogP contribution in [0.25, 0.3) is 10.2 Å². The first-order valence-electron chi connectivity index (χ1n) is 11.5. The Kier molecular flexibility index (Phi) is 8.03. The Balaban J connectivity index is 1.57. The van der Waals surface area contributed by atoms with E-state index in [0.717, 1.165) is 23.7 Å². The standard InChI is InChI=1S/C23H29FN6O4S2/c1-14-19-21(29-17-7-6-15(24)11-18(17)34-16-5-4-8-25-12-16)27-13-28-23(19)35-20(14)22(31)26-9-10-36(32,33)30(2)3/h6-7,11,13,16,25H,4-5,8-10,12H2,1-3H3,(H,26,31)(H,27,28,29). The molecule has 1 aliphatic rings. The van der Waals surface area contributed by atoms with Gasteiger partial charge in [0.25, 0.3) is 5.91 Å². The van der Waals surface area contributed by atoms with Crippen LogP contribution in [-0.4, -0.2) is 74.2 Å². The average molecular weight is 537 g/mol. The zero-order valence-corrected chi connectivity index (χ0v) is 21.9. The summed E-state index contributed by atoms with van der Waals surface area (Å²) in [5.74, 6) is -0.156. The number of thiophene rings is 1. The lowest BCUT2D eigenvalue weighted by atomic mass is 10.1. The molecule has 4 rings (SSSR count). The Bertz CT molecular complexity index is 1360. The van der Waals surface area contributed by atoms with Gasteiger partial charge in [-0.15, -0.1) is 11.3 Å². The van der Waals surface area contributed by atoms with E-state index in [1.165, 1.54) is 43.9 Å². The molecule has 3 heterocycles. The highest BCUT2D eigenvalue weighted by molar-refractivity contribution is 7.89. The number of hydrogen-bond acceptors (Lipinski definition) is 9. The van der Waals surface area contributed by atoms with Crippen LogP contribution >= 0.6 is 11.3 Å². The second-order valence-electron chi connectivity index (χ2n) is 8.66. The monoisotopic (exact) mass is 536 g/mol. The summed E-state index contributed by atoms with van der Waals surface area (Å²) in [5, 5.41) is 9.83. The quantitative estimate of drug-likeness (QED) is 0.381. The number of fused-ring (bicyclic) bond motifs is 1. The number of anilines is 2. The largest absolute Gasteiger partial charge is 0.487 e. The molecular formula is C23H29FN6O4S2. The number of ether oxygens (including phenoxy) is 1. The van der Waals surface area contributed by atoms with Crippen molar-refractivity contribution in [3.8, 4) is 5.75 Å². The van der Waals surface area contributed by atoms with E-state index in [4.69, 9.17) is 4.74 Å². The van der Waals surface area contributed by atoms with Gasteiger partial charge in [-0.1, -0.05) is 0 Å². The minimum atomic E-state index is -3.42. The Morgan fingerprint density at radius 2 is 2.14 bits per heavy atom. The highest BCUT2D eigenvalue weighted by Crippen LogP contribution is 2.36. The van der Waals surface area contributed by atoms with Crippen LogP contribution < -0.4 is 20.7 Å². The molecule has 0 radical (unpaired) electrons. The summed E-state index contributed by atoms with van der Waals surface area (Å²) in [4.78, 5) is 22.5. The third-order valence-electron chi connectivity index (χ3n) is 5.88. The fraction of sp³-hybridized carbons (Fsp3) is 0.435. The lowest BCUT2D eigenvalue weighted by molar-refractivity contribution is 0.0959. The summed E-state index contributed by atoms with van der Waals surface area (Å²) >= 11 is 1.19. The maximum atomic E-state index is 14.0. The van der Waals surface area contributed by atoms with Crippen LogP contribution in [0.5, 0.6) is 5.75 Å². The molecule has 1 fully saturated rings. The second-order valence-corrected chi connectivity index (χ2v) is 12.0. The molecule has 2 aromatic heterocycles.